The Labute approximate surface area is 198 Å². The van der Waals surface area contributed by atoms with E-state index in [0.29, 0.717) is 44.2 Å². The van der Waals surface area contributed by atoms with E-state index < -0.39 is 14.9 Å². The predicted octanol–water partition coefficient (Wildman–Crippen LogP) is 1.83. The molecule has 2 N–H and O–H groups in total. The minimum atomic E-state index is -4.19. The standard InChI is InChI=1S/C22H27N5O6S/c1-3-10-23-22(28)16-25-11-13-26(14-12-25)19-9-8-17(27(29)30)15-21(19)34(31,32)24-18-6-4-5-7-20(18)33-2/h3-9,15,24H,1,10-14,16H2,2H3,(H,23,28). The monoisotopic (exact) mass is 489 g/mol. The van der Waals surface area contributed by atoms with Gasteiger partial charge < -0.3 is 15.0 Å². The first kappa shape index (κ1) is 25.0. The molecule has 1 saturated heterocycles. The molecular formula is C22H27N5O6S. The molecule has 1 heterocycles. The van der Waals surface area contributed by atoms with Crippen LogP contribution in [0.1, 0.15) is 0 Å². The summed E-state index contributed by atoms with van der Waals surface area (Å²) in [6, 6.07) is 10.3. The molecular weight excluding hydrogens is 462 g/mol. The summed E-state index contributed by atoms with van der Waals surface area (Å²) >= 11 is 0. The topological polar surface area (TPSA) is 134 Å². The minimum Gasteiger partial charge on any atom is -0.495 e. The van der Waals surface area contributed by atoms with Gasteiger partial charge in [0.2, 0.25) is 5.91 Å². The zero-order valence-corrected chi connectivity index (χ0v) is 19.6. The molecule has 1 aliphatic rings. The van der Waals surface area contributed by atoms with Gasteiger partial charge in [-0.3, -0.25) is 24.5 Å². The van der Waals surface area contributed by atoms with Crippen LogP contribution in [-0.2, 0) is 14.8 Å². The van der Waals surface area contributed by atoms with E-state index in [9.17, 15) is 23.3 Å². The molecule has 0 bridgehead atoms. The van der Waals surface area contributed by atoms with Crippen LogP contribution in [0.2, 0.25) is 0 Å². The quantitative estimate of drug-likeness (QED) is 0.293. The van der Waals surface area contributed by atoms with Crippen LogP contribution in [0.4, 0.5) is 17.1 Å². The number of methoxy groups -OCH3 is 1. The van der Waals surface area contributed by atoms with E-state index in [4.69, 9.17) is 4.74 Å². The van der Waals surface area contributed by atoms with Gasteiger partial charge in [-0.1, -0.05) is 18.2 Å². The third-order valence-corrected chi connectivity index (χ3v) is 6.71. The fourth-order valence-electron chi connectivity index (χ4n) is 3.61. The molecule has 11 nitrogen and oxygen atoms in total. The van der Waals surface area contributed by atoms with Crippen molar-refractivity contribution >= 4 is 33.0 Å². The van der Waals surface area contributed by atoms with Gasteiger partial charge in [-0.25, -0.2) is 8.42 Å². The third-order valence-electron chi connectivity index (χ3n) is 5.32. The largest absolute Gasteiger partial charge is 0.495 e. The van der Waals surface area contributed by atoms with Gasteiger partial charge in [0.05, 0.1) is 30.0 Å². The molecule has 12 heteroatoms. The van der Waals surface area contributed by atoms with E-state index in [2.05, 4.69) is 16.6 Å². The summed E-state index contributed by atoms with van der Waals surface area (Å²) in [5.41, 5.74) is 0.239. The number of nitro groups is 1. The predicted molar refractivity (Wildman–Crippen MR) is 129 cm³/mol. The smallest absolute Gasteiger partial charge is 0.270 e. The average Bonchev–Trinajstić information content (AvgIpc) is 2.83. The number of rotatable bonds is 10. The van der Waals surface area contributed by atoms with Crippen molar-refractivity contribution in [3.05, 3.63) is 65.2 Å². The minimum absolute atomic E-state index is 0.118. The molecule has 1 aliphatic heterocycles. The van der Waals surface area contributed by atoms with Crippen molar-refractivity contribution in [3.8, 4) is 5.75 Å². The van der Waals surface area contributed by atoms with E-state index in [1.165, 1.54) is 19.2 Å². The second-order valence-corrected chi connectivity index (χ2v) is 9.22. The maximum Gasteiger partial charge on any atom is 0.270 e. The molecule has 2 aromatic rings. The summed E-state index contributed by atoms with van der Waals surface area (Å²) in [7, 11) is -2.77. The number of carbonyl (C=O) groups is 1. The first-order valence-corrected chi connectivity index (χ1v) is 12.0. The van der Waals surface area contributed by atoms with Crippen molar-refractivity contribution < 1.29 is 22.9 Å². The molecule has 0 radical (unpaired) electrons. The number of nitrogens with zero attached hydrogens (tertiary/aromatic N) is 3. The number of nitro benzene ring substituents is 1. The van der Waals surface area contributed by atoms with Gasteiger partial charge in [0.1, 0.15) is 10.6 Å². The summed E-state index contributed by atoms with van der Waals surface area (Å²) in [5, 5.41) is 14.1. The summed E-state index contributed by atoms with van der Waals surface area (Å²) in [4.78, 5) is 26.3. The molecule has 0 aliphatic carbocycles. The molecule has 34 heavy (non-hydrogen) atoms. The van der Waals surface area contributed by atoms with Gasteiger partial charge >= 0.3 is 0 Å². The fraction of sp³-hybridized carbons (Fsp3) is 0.318. The van der Waals surface area contributed by atoms with Crippen molar-refractivity contribution in [1.82, 2.24) is 10.2 Å². The molecule has 0 saturated carbocycles. The molecule has 1 fully saturated rings. The Hall–Kier alpha value is -3.64. The lowest BCUT2D eigenvalue weighted by molar-refractivity contribution is -0.385. The summed E-state index contributed by atoms with van der Waals surface area (Å²) in [6.45, 7) is 6.13. The molecule has 3 rings (SSSR count). The molecule has 0 unspecified atom stereocenters. The van der Waals surface area contributed by atoms with E-state index >= 15 is 0 Å². The number of sulfonamides is 1. The zero-order chi connectivity index (χ0) is 24.7. The van der Waals surface area contributed by atoms with Crippen molar-refractivity contribution in [2.75, 3.05) is 56.0 Å². The first-order valence-electron chi connectivity index (χ1n) is 10.5. The van der Waals surface area contributed by atoms with Gasteiger partial charge in [0.25, 0.3) is 15.7 Å². The number of hydrogen-bond donors (Lipinski definition) is 2. The molecule has 0 atom stereocenters. The Morgan fingerprint density at radius 3 is 2.56 bits per heavy atom. The van der Waals surface area contributed by atoms with E-state index in [1.807, 2.05) is 9.80 Å². The Bertz CT molecular complexity index is 1160. The maximum absolute atomic E-state index is 13.3. The highest BCUT2D eigenvalue weighted by Crippen LogP contribution is 2.33. The normalized spacial score (nSPS) is 14.3. The van der Waals surface area contributed by atoms with E-state index in [0.717, 1.165) is 6.07 Å². The second kappa shape index (κ2) is 11.0. The SMILES string of the molecule is C=CCNC(=O)CN1CCN(c2ccc([N+](=O)[O-])cc2S(=O)(=O)Nc2ccccc2OC)CC1. The maximum atomic E-state index is 13.3. The Kier molecular flexibility index (Phi) is 8.08. The second-order valence-electron chi connectivity index (χ2n) is 7.57. The van der Waals surface area contributed by atoms with Crippen LogP contribution >= 0.6 is 0 Å². The lowest BCUT2D eigenvalue weighted by Crippen LogP contribution is -2.49. The van der Waals surface area contributed by atoms with Crippen LogP contribution in [-0.4, -0.2) is 70.5 Å². The van der Waals surface area contributed by atoms with Gasteiger partial charge in [-0.2, -0.15) is 0 Å². The summed E-state index contributed by atoms with van der Waals surface area (Å²) < 4.78 is 34.4. The van der Waals surface area contributed by atoms with Crippen LogP contribution in [0.25, 0.3) is 0 Å². The Balaban J connectivity index is 1.84. The lowest BCUT2D eigenvalue weighted by atomic mass is 10.2. The van der Waals surface area contributed by atoms with Crippen molar-refractivity contribution in [2.24, 2.45) is 0 Å². The number of carbonyl (C=O) groups excluding carboxylic acids is 1. The van der Waals surface area contributed by atoms with E-state index in [1.54, 1.807) is 30.3 Å². The third kappa shape index (κ3) is 6.02. The first-order chi connectivity index (χ1) is 16.2. The van der Waals surface area contributed by atoms with Crippen molar-refractivity contribution in [2.45, 2.75) is 4.90 Å². The van der Waals surface area contributed by atoms with Crippen LogP contribution in [0.15, 0.2) is 60.0 Å². The van der Waals surface area contributed by atoms with Crippen molar-refractivity contribution in [3.63, 3.8) is 0 Å². The summed E-state index contributed by atoms with van der Waals surface area (Å²) in [6.07, 6.45) is 1.60. The van der Waals surface area contributed by atoms with Crippen LogP contribution < -0.4 is 19.7 Å². The van der Waals surface area contributed by atoms with Gasteiger partial charge in [0.15, 0.2) is 0 Å². The number of anilines is 2. The number of piperazine rings is 1. The number of nitrogens with one attached hydrogen (secondary N) is 2. The van der Waals surface area contributed by atoms with Gasteiger partial charge in [0, 0.05) is 44.9 Å². The highest BCUT2D eigenvalue weighted by Gasteiger charge is 2.28. The fourth-order valence-corrected chi connectivity index (χ4v) is 4.93. The molecule has 182 valence electrons. The van der Waals surface area contributed by atoms with Gasteiger partial charge in [-0.05, 0) is 18.2 Å². The van der Waals surface area contributed by atoms with Crippen molar-refractivity contribution in [1.29, 1.82) is 0 Å². The number of amides is 1. The highest BCUT2D eigenvalue weighted by atomic mass is 32.2. The number of hydrogen-bond acceptors (Lipinski definition) is 8. The Morgan fingerprint density at radius 2 is 1.91 bits per heavy atom. The molecule has 0 spiro atoms. The van der Waals surface area contributed by atoms with Gasteiger partial charge in [-0.15, -0.1) is 6.58 Å². The van der Waals surface area contributed by atoms with E-state index in [-0.39, 0.29) is 28.7 Å². The van der Waals surface area contributed by atoms with Crippen LogP contribution in [0.5, 0.6) is 5.75 Å². The number of benzene rings is 2. The zero-order valence-electron chi connectivity index (χ0n) is 18.8. The molecule has 1 amide bonds. The summed E-state index contributed by atoms with van der Waals surface area (Å²) in [5.74, 6) is 0.203. The molecule has 0 aromatic heterocycles. The number of non-ortho nitro benzene ring substituents is 1. The Morgan fingerprint density at radius 1 is 1.21 bits per heavy atom. The molecule has 2 aromatic carbocycles. The average molecular weight is 490 g/mol. The van der Waals surface area contributed by atoms with Crippen LogP contribution in [0.3, 0.4) is 0 Å². The van der Waals surface area contributed by atoms with Crippen LogP contribution in [0, 0.1) is 10.1 Å². The highest BCUT2D eigenvalue weighted by molar-refractivity contribution is 7.93. The number of ether oxygens (including phenoxy) is 1. The number of para-hydroxylation sites is 2. The lowest BCUT2D eigenvalue weighted by Gasteiger charge is -2.36.